The molecule has 0 unspecified atom stereocenters. The molecule has 2 amide bonds. The summed E-state index contributed by atoms with van der Waals surface area (Å²) < 4.78 is 13.7. The van der Waals surface area contributed by atoms with Gasteiger partial charge in [0.2, 0.25) is 5.91 Å². The maximum absolute atomic E-state index is 13.7. The largest absolute Gasteiger partial charge is 0.352 e. The van der Waals surface area contributed by atoms with E-state index in [0.717, 1.165) is 5.56 Å². The number of benzene rings is 3. The van der Waals surface area contributed by atoms with Gasteiger partial charge in [-0.05, 0) is 47.5 Å². The number of anilines is 1. The Labute approximate surface area is 175 Å². The molecule has 0 radical (unpaired) electrons. The molecule has 5 heteroatoms. The molecule has 0 saturated carbocycles. The van der Waals surface area contributed by atoms with Crippen molar-refractivity contribution < 1.29 is 14.0 Å². The zero-order valence-electron chi connectivity index (χ0n) is 16.6. The first-order chi connectivity index (χ1) is 14.6. The van der Waals surface area contributed by atoms with Gasteiger partial charge in [0.25, 0.3) is 5.91 Å². The summed E-state index contributed by atoms with van der Waals surface area (Å²) in [7, 11) is 0. The lowest BCUT2D eigenvalue weighted by molar-refractivity contribution is -0.120. The summed E-state index contributed by atoms with van der Waals surface area (Å²) in [4.78, 5) is 26.7. The van der Waals surface area contributed by atoms with Crippen LogP contribution in [-0.2, 0) is 17.8 Å². The van der Waals surface area contributed by atoms with Gasteiger partial charge in [-0.25, -0.2) is 4.39 Å². The molecule has 0 atom stereocenters. The number of rotatable bonds is 8. The second-order valence-corrected chi connectivity index (χ2v) is 6.82. The van der Waals surface area contributed by atoms with E-state index >= 15 is 0 Å². The van der Waals surface area contributed by atoms with E-state index in [1.807, 2.05) is 18.2 Å². The maximum atomic E-state index is 13.7. The lowest BCUT2D eigenvalue weighted by Crippen LogP contribution is -2.30. The Bertz CT molecular complexity index is 1020. The van der Waals surface area contributed by atoms with E-state index in [4.69, 9.17) is 0 Å². The van der Waals surface area contributed by atoms with Crippen LogP contribution in [-0.4, -0.2) is 18.4 Å². The van der Waals surface area contributed by atoms with Crippen LogP contribution in [0, 0.1) is 5.82 Å². The van der Waals surface area contributed by atoms with E-state index < -0.39 is 0 Å². The monoisotopic (exact) mass is 402 g/mol. The van der Waals surface area contributed by atoms with Crippen LogP contribution < -0.4 is 10.2 Å². The number of nitrogens with zero attached hydrogens (tertiary/aromatic N) is 1. The molecule has 152 valence electrons. The average Bonchev–Trinajstić information content (AvgIpc) is 2.77. The summed E-state index contributed by atoms with van der Waals surface area (Å²) in [6.45, 7) is 4.22. The van der Waals surface area contributed by atoms with Gasteiger partial charge in [-0.15, -0.1) is 6.58 Å². The minimum absolute atomic E-state index is 0.0976. The first-order valence-corrected chi connectivity index (χ1v) is 9.64. The molecule has 0 saturated heterocycles. The van der Waals surface area contributed by atoms with Crippen LogP contribution in [0.2, 0.25) is 0 Å². The van der Waals surface area contributed by atoms with Gasteiger partial charge < -0.3 is 10.2 Å². The van der Waals surface area contributed by atoms with Crippen molar-refractivity contribution in [3.05, 3.63) is 114 Å². The highest BCUT2D eigenvalue weighted by Crippen LogP contribution is 2.22. The van der Waals surface area contributed by atoms with E-state index in [1.165, 1.54) is 12.1 Å². The molecule has 1 N–H and O–H groups in total. The van der Waals surface area contributed by atoms with Crippen LogP contribution in [0.3, 0.4) is 0 Å². The fraction of sp³-hybridized carbons (Fsp3) is 0.120. The highest BCUT2D eigenvalue weighted by Gasteiger charge is 2.18. The molecule has 30 heavy (non-hydrogen) atoms. The molecule has 3 aromatic rings. The van der Waals surface area contributed by atoms with Gasteiger partial charge in [0.05, 0.1) is 13.0 Å². The predicted molar refractivity (Wildman–Crippen MR) is 117 cm³/mol. The maximum Gasteiger partial charge on any atom is 0.258 e. The first kappa shape index (κ1) is 21.0. The number of halogens is 1. The van der Waals surface area contributed by atoms with Crippen molar-refractivity contribution >= 4 is 17.5 Å². The Morgan fingerprint density at radius 2 is 1.67 bits per heavy atom. The highest BCUT2D eigenvalue weighted by atomic mass is 19.1. The van der Waals surface area contributed by atoms with Gasteiger partial charge in [0, 0.05) is 17.8 Å². The van der Waals surface area contributed by atoms with Gasteiger partial charge in [-0.3, -0.25) is 9.59 Å². The zero-order chi connectivity index (χ0) is 21.3. The fourth-order valence-electron chi connectivity index (χ4n) is 3.06. The van der Waals surface area contributed by atoms with E-state index in [9.17, 15) is 14.0 Å². The molecule has 0 heterocycles. The Morgan fingerprint density at radius 3 is 2.33 bits per heavy atom. The summed E-state index contributed by atoms with van der Waals surface area (Å²) in [6, 6.07) is 22.4. The lowest BCUT2D eigenvalue weighted by atomic mass is 10.1. The minimum Gasteiger partial charge on any atom is -0.352 e. The van der Waals surface area contributed by atoms with Crippen molar-refractivity contribution in [3.8, 4) is 0 Å². The second-order valence-electron chi connectivity index (χ2n) is 6.82. The average molecular weight is 402 g/mol. The molecule has 0 bridgehead atoms. The lowest BCUT2D eigenvalue weighted by Gasteiger charge is -2.23. The fourth-order valence-corrected chi connectivity index (χ4v) is 3.06. The number of carbonyl (C=O) groups is 2. The highest BCUT2D eigenvalue weighted by molar-refractivity contribution is 6.06. The van der Waals surface area contributed by atoms with Crippen molar-refractivity contribution in [3.63, 3.8) is 0 Å². The first-order valence-electron chi connectivity index (χ1n) is 9.64. The van der Waals surface area contributed by atoms with Crippen molar-refractivity contribution in [2.75, 3.05) is 11.4 Å². The second kappa shape index (κ2) is 10.2. The summed E-state index contributed by atoms with van der Waals surface area (Å²) in [5, 5.41) is 2.74. The third-order valence-corrected chi connectivity index (χ3v) is 4.55. The molecule has 0 aliphatic rings. The molecule has 0 fully saturated rings. The minimum atomic E-state index is -0.347. The molecule has 3 aromatic carbocycles. The molecule has 4 nitrogen and oxygen atoms in total. The molecule has 0 spiro atoms. The van der Waals surface area contributed by atoms with Crippen LogP contribution in [0.15, 0.2) is 91.5 Å². The van der Waals surface area contributed by atoms with E-state index in [1.54, 1.807) is 59.5 Å². The van der Waals surface area contributed by atoms with E-state index in [-0.39, 0.29) is 30.6 Å². The summed E-state index contributed by atoms with van der Waals surface area (Å²) in [5.41, 5.74) is 2.73. The van der Waals surface area contributed by atoms with Gasteiger partial charge in [-0.2, -0.15) is 0 Å². The van der Waals surface area contributed by atoms with E-state index in [0.29, 0.717) is 23.4 Å². The predicted octanol–water partition coefficient (Wildman–Crippen LogP) is 4.52. The van der Waals surface area contributed by atoms with Crippen LogP contribution >= 0.6 is 0 Å². The number of amides is 2. The Balaban J connectivity index is 1.85. The van der Waals surface area contributed by atoms with Crippen molar-refractivity contribution in [2.45, 2.75) is 13.0 Å². The van der Waals surface area contributed by atoms with Crippen LogP contribution in [0.5, 0.6) is 0 Å². The van der Waals surface area contributed by atoms with Crippen molar-refractivity contribution in [2.24, 2.45) is 0 Å². The summed E-state index contributed by atoms with van der Waals surface area (Å²) >= 11 is 0. The number of hydrogen-bond donors (Lipinski definition) is 1. The number of nitrogens with one attached hydrogen (secondary N) is 1. The van der Waals surface area contributed by atoms with Gasteiger partial charge in [0.15, 0.2) is 0 Å². The Morgan fingerprint density at radius 1 is 0.933 bits per heavy atom. The number of carbonyl (C=O) groups excluding carboxylic acids is 2. The quantitative estimate of drug-likeness (QED) is 0.564. The molecule has 0 aliphatic carbocycles. The van der Waals surface area contributed by atoms with Gasteiger partial charge >= 0.3 is 0 Å². The van der Waals surface area contributed by atoms with Crippen LogP contribution in [0.1, 0.15) is 21.5 Å². The van der Waals surface area contributed by atoms with Crippen LogP contribution in [0.4, 0.5) is 10.1 Å². The smallest absolute Gasteiger partial charge is 0.258 e. The molecular weight excluding hydrogens is 379 g/mol. The van der Waals surface area contributed by atoms with Crippen LogP contribution in [0.25, 0.3) is 0 Å². The zero-order valence-corrected chi connectivity index (χ0v) is 16.6. The normalized spacial score (nSPS) is 10.3. The topological polar surface area (TPSA) is 49.4 Å². The van der Waals surface area contributed by atoms with Crippen molar-refractivity contribution in [1.29, 1.82) is 0 Å². The summed E-state index contributed by atoms with van der Waals surface area (Å²) in [6.07, 6.45) is 1.87. The third kappa shape index (κ3) is 5.64. The molecule has 0 aromatic heterocycles. The van der Waals surface area contributed by atoms with Crippen molar-refractivity contribution in [1.82, 2.24) is 5.32 Å². The Kier molecular flexibility index (Phi) is 7.11. The third-order valence-electron chi connectivity index (χ3n) is 4.55. The summed E-state index contributed by atoms with van der Waals surface area (Å²) in [5.74, 6) is -0.628. The van der Waals surface area contributed by atoms with Gasteiger partial charge in [-0.1, -0.05) is 48.5 Å². The molecule has 3 rings (SSSR count). The number of hydrogen-bond acceptors (Lipinski definition) is 2. The SMILES string of the molecule is C=CCNC(=O)Cc1ccc(N(Cc2cccc(F)c2)C(=O)c2ccccc2)cc1. The van der Waals surface area contributed by atoms with Gasteiger partial charge in [0.1, 0.15) is 5.82 Å². The Hall–Kier alpha value is -3.73. The molecular formula is C25H23FN2O2. The van der Waals surface area contributed by atoms with E-state index in [2.05, 4.69) is 11.9 Å². The molecule has 0 aliphatic heterocycles. The standard InChI is InChI=1S/C25H23FN2O2/c1-2-15-27-24(29)17-19-11-13-23(14-12-19)28(18-20-7-6-10-22(26)16-20)25(30)21-8-4-3-5-9-21/h2-14,16H,1,15,17-18H2,(H,27,29).